The number of carbonyl (C=O) groups excluding carboxylic acids is 1. The van der Waals surface area contributed by atoms with Crippen LogP contribution in [-0.4, -0.2) is 46.1 Å². The molecule has 3 unspecified atom stereocenters. The van der Waals surface area contributed by atoms with Gasteiger partial charge in [0.05, 0.1) is 31.3 Å². The molecule has 1 amide bonds. The van der Waals surface area contributed by atoms with Gasteiger partial charge < -0.3 is 20.6 Å². The third-order valence-corrected chi connectivity index (χ3v) is 7.42. The molecule has 0 aromatic heterocycles. The summed E-state index contributed by atoms with van der Waals surface area (Å²) in [5.74, 6) is -0.286. The van der Waals surface area contributed by atoms with Crippen LogP contribution in [0.3, 0.4) is 0 Å². The Morgan fingerprint density at radius 3 is 1.33 bits per heavy atom. The number of rotatable bonds is 28. The third-order valence-electron chi connectivity index (χ3n) is 7.42. The number of unbranched alkanes of at least 4 members (excludes halogenated alkanes) is 19. The van der Waals surface area contributed by atoms with E-state index in [-0.39, 0.29) is 18.9 Å². The number of aliphatic hydroxyl groups is 3. The minimum absolute atomic E-state index is 0.0410. The van der Waals surface area contributed by atoms with Crippen LogP contribution in [0.15, 0.2) is 0 Å². The number of hydrogen-bond acceptors (Lipinski definition) is 4. The maximum atomic E-state index is 12.3. The minimum Gasteiger partial charge on any atom is -0.394 e. The van der Waals surface area contributed by atoms with Crippen molar-refractivity contribution in [3.05, 3.63) is 0 Å². The highest BCUT2D eigenvalue weighted by Gasteiger charge is 2.21. The Bertz CT molecular complexity index is 460. The fraction of sp³-hybridized carbons (Fsp3) is 0.968. The van der Waals surface area contributed by atoms with Crippen molar-refractivity contribution in [2.45, 2.75) is 186 Å². The summed E-state index contributed by atoms with van der Waals surface area (Å²) in [4.78, 5) is 12.3. The normalized spacial score (nSPS) is 14.0. The lowest BCUT2D eigenvalue weighted by Crippen LogP contribution is -2.46. The molecule has 4 N–H and O–H groups in total. The van der Waals surface area contributed by atoms with E-state index >= 15 is 0 Å². The molecule has 0 heterocycles. The zero-order valence-corrected chi connectivity index (χ0v) is 24.2. The van der Waals surface area contributed by atoms with E-state index < -0.39 is 18.2 Å². The first-order valence-electron chi connectivity index (χ1n) is 15.8. The van der Waals surface area contributed by atoms with Gasteiger partial charge in [0.15, 0.2) is 0 Å². The molecule has 0 aromatic rings. The van der Waals surface area contributed by atoms with Gasteiger partial charge in [0.2, 0.25) is 5.91 Å². The Morgan fingerprint density at radius 2 is 0.944 bits per heavy atom. The first-order valence-corrected chi connectivity index (χ1v) is 15.8. The van der Waals surface area contributed by atoms with Crippen LogP contribution in [0.25, 0.3) is 0 Å². The van der Waals surface area contributed by atoms with Crippen molar-refractivity contribution in [1.82, 2.24) is 5.32 Å². The zero-order valence-electron chi connectivity index (χ0n) is 24.2. The van der Waals surface area contributed by atoms with Gasteiger partial charge in [-0.1, -0.05) is 149 Å². The van der Waals surface area contributed by atoms with Gasteiger partial charge in [-0.15, -0.1) is 0 Å². The van der Waals surface area contributed by atoms with E-state index in [4.69, 9.17) is 0 Å². The molecule has 0 aromatic carbocycles. The first-order chi connectivity index (χ1) is 17.5. The predicted octanol–water partition coefficient (Wildman–Crippen LogP) is 7.59. The molecule has 0 radical (unpaired) electrons. The SMILES string of the molecule is CCCCCCCCCCCCCCC(O)CC(=O)NC(CO)C(O)CCCCCCCCCCC. The van der Waals surface area contributed by atoms with Crippen LogP contribution in [0.2, 0.25) is 0 Å². The second-order valence-electron chi connectivity index (χ2n) is 11.1. The van der Waals surface area contributed by atoms with Gasteiger partial charge in [-0.25, -0.2) is 0 Å². The number of aliphatic hydroxyl groups excluding tert-OH is 3. The largest absolute Gasteiger partial charge is 0.394 e. The standard InChI is InChI=1S/C31H63NO4/c1-3-5-7-9-11-13-14-15-17-18-20-22-24-28(34)26-31(36)32-29(27-33)30(35)25-23-21-19-16-12-10-8-6-4-2/h28-30,33-35H,3-27H2,1-2H3,(H,32,36). The average molecular weight is 514 g/mol. The molecular weight excluding hydrogens is 450 g/mol. The molecule has 3 atom stereocenters. The fourth-order valence-electron chi connectivity index (χ4n) is 4.93. The van der Waals surface area contributed by atoms with Gasteiger partial charge in [-0.3, -0.25) is 4.79 Å². The Kier molecular flexibility index (Phi) is 26.9. The molecule has 0 aliphatic rings. The van der Waals surface area contributed by atoms with E-state index in [9.17, 15) is 20.1 Å². The summed E-state index contributed by atoms with van der Waals surface area (Å²) in [7, 11) is 0. The lowest BCUT2D eigenvalue weighted by atomic mass is 10.0. The molecule has 0 rings (SSSR count). The second kappa shape index (κ2) is 27.4. The van der Waals surface area contributed by atoms with Gasteiger partial charge >= 0.3 is 0 Å². The summed E-state index contributed by atoms with van der Waals surface area (Å²) in [6.07, 6.45) is 26.2. The smallest absolute Gasteiger partial charge is 0.222 e. The van der Waals surface area contributed by atoms with E-state index in [1.807, 2.05) is 0 Å². The molecule has 5 heteroatoms. The van der Waals surface area contributed by atoms with Crippen LogP contribution >= 0.6 is 0 Å². The molecule has 0 saturated heterocycles. The quantitative estimate of drug-likeness (QED) is 0.0811. The van der Waals surface area contributed by atoms with Gasteiger partial charge in [-0.2, -0.15) is 0 Å². The lowest BCUT2D eigenvalue weighted by Gasteiger charge is -2.23. The highest BCUT2D eigenvalue weighted by atomic mass is 16.3. The van der Waals surface area contributed by atoms with E-state index in [1.54, 1.807) is 0 Å². The van der Waals surface area contributed by atoms with Crippen molar-refractivity contribution >= 4 is 5.91 Å². The zero-order chi connectivity index (χ0) is 26.7. The van der Waals surface area contributed by atoms with Crippen molar-refractivity contribution in [3.8, 4) is 0 Å². The van der Waals surface area contributed by atoms with Crippen LogP contribution < -0.4 is 5.32 Å². The van der Waals surface area contributed by atoms with Crippen molar-refractivity contribution in [1.29, 1.82) is 0 Å². The molecule has 0 saturated carbocycles. The van der Waals surface area contributed by atoms with Crippen LogP contribution in [0.5, 0.6) is 0 Å². The monoisotopic (exact) mass is 513 g/mol. The highest BCUT2D eigenvalue weighted by Crippen LogP contribution is 2.15. The van der Waals surface area contributed by atoms with Crippen molar-refractivity contribution in [2.75, 3.05) is 6.61 Å². The summed E-state index contributed by atoms with van der Waals surface area (Å²) in [6, 6.07) is -0.648. The maximum absolute atomic E-state index is 12.3. The summed E-state index contributed by atoms with van der Waals surface area (Å²) in [5, 5.41) is 32.9. The molecular formula is C31H63NO4. The molecule has 0 spiro atoms. The lowest BCUT2D eigenvalue weighted by molar-refractivity contribution is -0.125. The fourth-order valence-corrected chi connectivity index (χ4v) is 4.93. The van der Waals surface area contributed by atoms with E-state index in [0.29, 0.717) is 12.8 Å². The Balaban J connectivity index is 3.71. The molecule has 36 heavy (non-hydrogen) atoms. The Labute approximate surface area is 224 Å². The van der Waals surface area contributed by atoms with Gasteiger partial charge in [0.1, 0.15) is 0 Å². The molecule has 0 bridgehead atoms. The average Bonchev–Trinajstić information content (AvgIpc) is 2.86. The number of carbonyl (C=O) groups is 1. The van der Waals surface area contributed by atoms with Crippen molar-refractivity contribution < 1.29 is 20.1 Å². The summed E-state index contributed by atoms with van der Waals surface area (Å²) in [5.41, 5.74) is 0. The number of nitrogens with one attached hydrogen (secondary N) is 1. The van der Waals surface area contributed by atoms with Crippen LogP contribution in [0, 0.1) is 0 Å². The maximum Gasteiger partial charge on any atom is 0.222 e. The van der Waals surface area contributed by atoms with Gasteiger partial charge in [0.25, 0.3) is 0 Å². The van der Waals surface area contributed by atoms with Crippen molar-refractivity contribution in [2.24, 2.45) is 0 Å². The summed E-state index contributed by atoms with van der Waals surface area (Å²) < 4.78 is 0. The second-order valence-corrected chi connectivity index (χ2v) is 11.1. The van der Waals surface area contributed by atoms with E-state index in [2.05, 4.69) is 19.2 Å². The molecule has 0 aliphatic heterocycles. The Hall–Kier alpha value is -0.650. The number of amides is 1. The molecule has 0 aliphatic carbocycles. The van der Waals surface area contributed by atoms with Crippen LogP contribution in [0.4, 0.5) is 0 Å². The topological polar surface area (TPSA) is 89.8 Å². The minimum atomic E-state index is -0.739. The first kappa shape index (κ1) is 35.4. The molecule has 5 nitrogen and oxygen atoms in total. The summed E-state index contributed by atoms with van der Waals surface area (Å²) >= 11 is 0. The Morgan fingerprint density at radius 1 is 0.583 bits per heavy atom. The van der Waals surface area contributed by atoms with E-state index in [1.165, 1.54) is 109 Å². The molecule has 216 valence electrons. The summed E-state index contributed by atoms with van der Waals surface area (Å²) in [6.45, 7) is 4.21. The predicted molar refractivity (Wildman–Crippen MR) is 153 cm³/mol. The van der Waals surface area contributed by atoms with Crippen LogP contribution in [-0.2, 0) is 4.79 Å². The van der Waals surface area contributed by atoms with Crippen molar-refractivity contribution in [3.63, 3.8) is 0 Å². The number of hydrogen-bond donors (Lipinski definition) is 4. The highest BCUT2D eigenvalue weighted by molar-refractivity contribution is 5.76. The third kappa shape index (κ3) is 23.7. The van der Waals surface area contributed by atoms with Crippen LogP contribution in [0.1, 0.15) is 168 Å². The van der Waals surface area contributed by atoms with Gasteiger partial charge in [0, 0.05) is 0 Å². The van der Waals surface area contributed by atoms with Gasteiger partial charge in [-0.05, 0) is 12.8 Å². The van der Waals surface area contributed by atoms with E-state index in [0.717, 1.165) is 25.7 Å². The molecule has 0 fully saturated rings.